The number of nitrogens with zero attached hydrogens (tertiary/aromatic N) is 1. The lowest BCUT2D eigenvalue weighted by Crippen LogP contribution is -3.00. The Kier molecular flexibility index (Phi) is 4.83. The summed E-state index contributed by atoms with van der Waals surface area (Å²) in [4.78, 5) is 0. The van der Waals surface area contributed by atoms with Crippen LogP contribution in [0.25, 0.3) is 27.4 Å². The lowest BCUT2D eigenvalue weighted by Gasteiger charge is -2.08. The molecule has 0 radical (unpaired) electrons. The first kappa shape index (κ1) is 16.2. The van der Waals surface area contributed by atoms with E-state index in [1.807, 2.05) is 0 Å². The maximum absolute atomic E-state index is 2.45. The van der Waals surface area contributed by atoms with Gasteiger partial charge < -0.3 is 12.4 Å². The van der Waals surface area contributed by atoms with Crippen LogP contribution < -0.4 is 17.0 Å². The van der Waals surface area contributed by atoms with Gasteiger partial charge in [-0.2, -0.15) is 4.57 Å². The van der Waals surface area contributed by atoms with Crippen molar-refractivity contribution in [1.29, 1.82) is 0 Å². The van der Waals surface area contributed by atoms with E-state index in [1.54, 1.807) is 0 Å². The van der Waals surface area contributed by atoms with Gasteiger partial charge in [-0.3, -0.25) is 0 Å². The molecule has 0 saturated carbocycles. The van der Waals surface area contributed by atoms with Crippen molar-refractivity contribution in [3.8, 4) is 5.69 Å². The van der Waals surface area contributed by atoms with Gasteiger partial charge in [0.2, 0.25) is 11.2 Å². The van der Waals surface area contributed by atoms with Gasteiger partial charge in [-0.05, 0) is 23.6 Å². The molecule has 0 atom stereocenters. The minimum Gasteiger partial charge on any atom is -1.00 e. The lowest BCUT2D eigenvalue weighted by atomic mass is 10.0. The minimum atomic E-state index is 0. The summed E-state index contributed by atoms with van der Waals surface area (Å²) in [6, 6.07) is 25.9. The second kappa shape index (κ2) is 6.85. The highest BCUT2D eigenvalue weighted by Crippen LogP contribution is 2.25. The third-order valence-corrected chi connectivity index (χ3v) is 4.90. The monoisotopic (exact) mass is 431 g/mol. The van der Waals surface area contributed by atoms with Crippen LogP contribution in [0, 0.1) is 0 Å². The SMILES string of the molecule is ICc1ccc2ccccc2c1-[n+]1cccc2ccccc21.[Cl-]. The number of hydrogen-bond donors (Lipinski definition) is 0. The van der Waals surface area contributed by atoms with Crippen molar-refractivity contribution in [2.45, 2.75) is 4.43 Å². The van der Waals surface area contributed by atoms with Crippen molar-refractivity contribution in [3.63, 3.8) is 0 Å². The zero-order chi connectivity index (χ0) is 14.9. The van der Waals surface area contributed by atoms with Crippen LogP contribution in [0.4, 0.5) is 0 Å². The first-order valence-electron chi connectivity index (χ1n) is 7.35. The normalized spacial score (nSPS) is 10.7. The Balaban J connectivity index is 0.00000156. The summed E-state index contributed by atoms with van der Waals surface area (Å²) >= 11 is 2.45. The predicted molar refractivity (Wildman–Crippen MR) is 101 cm³/mol. The van der Waals surface area contributed by atoms with Crippen molar-refractivity contribution in [1.82, 2.24) is 0 Å². The molecule has 114 valence electrons. The van der Waals surface area contributed by atoms with Crippen LogP contribution >= 0.6 is 22.6 Å². The molecule has 1 heterocycles. The molecule has 23 heavy (non-hydrogen) atoms. The van der Waals surface area contributed by atoms with Gasteiger partial charge in [-0.1, -0.05) is 65.1 Å². The Bertz CT molecular complexity index is 976. The van der Waals surface area contributed by atoms with Crippen molar-refractivity contribution in [3.05, 3.63) is 84.6 Å². The second-order valence-corrected chi connectivity index (χ2v) is 6.13. The Labute approximate surface area is 155 Å². The number of fused-ring (bicyclic) bond motifs is 2. The first-order valence-corrected chi connectivity index (χ1v) is 8.87. The summed E-state index contributed by atoms with van der Waals surface area (Å²) in [6.07, 6.45) is 2.17. The molecule has 3 heteroatoms. The standard InChI is InChI=1S/C20H15IN.ClH/c21-14-17-12-11-15-6-1-3-9-18(15)20(17)22-13-5-8-16-7-2-4-10-19(16)22;/h1-13H,14H2;1H/q+1;/p-1. The van der Waals surface area contributed by atoms with Gasteiger partial charge in [0, 0.05) is 27.5 Å². The third kappa shape index (κ3) is 2.81. The van der Waals surface area contributed by atoms with Gasteiger partial charge in [0.25, 0.3) is 0 Å². The Morgan fingerprint density at radius 3 is 2.26 bits per heavy atom. The fourth-order valence-electron chi connectivity index (χ4n) is 3.05. The van der Waals surface area contributed by atoms with Gasteiger partial charge in [0.15, 0.2) is 6.20 Å². The van der Waals surface area contributed by atoms with E-state index in [2.05, 4.69) is 106 Å². The molecule has 0 unspecified atom stereocenters. The fraction of sp³-hybridized carbons (Fsp3) is 0.0500. The molecule has 3 aromatic carbocycles. The molecule has 0 bridgehead atoms. The molecule has 0 aliphatic rings. The molecule has 0 N–H and O–H groups in total. The number of para-hydroxylation sites is 1. The average Bonchev–Trinajstić information content (AvgIpc) is 2.60. The molecule has 0 saturated heterocycles. The number of benzene rings is 3. The van der Waals surface area contributed by atoms with E-state index < -0.39 is 0 Å². The molecule has 0 amide bonds. The van der Waals surface area contributed by atoms with E-state index in [1.165, 1.54) is 32.9 Å². The van der Waals surface area contributed by atoms with E-state index in [0.717, 1.165) is 4.43 Å². The number of halogens is 2. The third-order valence-electron chi connectivity index (χ3n) is 4.08. The van der Waals surface area contributed by atoms with Gasteiger partial charge in [0.05, 0.1) is 5.39 Å². The Hall–Kier alpha value is -1.65. The van der Waals surface area contributed by atoms with E-state index in [4.69, 9.17) is 0 Å². The fourth-order valence-corrected chi connectivity index (χ4v) is 3.66. The topological polar surface area (TPSA) is 3.88 Å². The quantitative estimate of drug-likeness (QED) is 0.260. The lowest BCUT2D eigenvalue weighted by molar-refractivity contribution is -0.566. The average molecular weight is 432 g/mol. The van der Waals surface area contributed by atoms with Crippen LogP contribution in [0.1, 0.15) is 5.56 Å². The smallest absolute Gasteiger partial charge is 0.223 e. The molecule has 1 aromatic heterocycles. The molecule has 0 aliphatic carbocycles. The van der Waals surface area contributed by atoms with Gasteiger partial charge >= 0.3 is 0 Å². The minimum absolute atomic E-state index is 0. The summed E-state index contributed by atoms with van der Waals surface area (Å²) < 4.78 is 3.32. The molecule has 4 aromatic rings. The largest absolute Gasteiger partial charge is 1.00 e. The number of alkyl halides is 1. The van der Waals surface area contributed by atoms with E-state index >= 15 is 0 Å². The number of hydrogen-bond acceptors (Lipinski definition) is 0. The molecule has 0 fully saturated rings. The van der Waals surface area contributed by atoms with Crippen LogP contribution in [0.3, 0.4) is 0 Å². The molecular formula is C20H15ClIN. The van der Waals surface area contributed by atoms with Crippen LogP contribution in [0.2, 0.25) is 0 Å². The molecule has 1 nitrogen and oxygen atoms in total. The highest BCUT2D eigenvalue weighted by Gasteiger charge is 2.18. The van der Waals surface area contributed by atoms with Crippen molar-refractivity contribution < 1.29 is 17.0 Å². The van der Waals surface area contributed by atoms with E-state index in [-0.39, 0.29) is 12.4 Å². The molecule has 0 aliphatic heterocycles. The van der Waals surface area contributed by atoms with Crippen molar-refractivity contribution in [2.75, 3.05) is 0 Å². The first-order chi connectivity index (χ1) is 10.9. The summed E-state index contributed by atoms with van der Waals surface area (Å²) in [5.41, 5.74) is 3.90. The zero-order valence-corrected chi connectivity index (χ0v) is 15.3. The molecular weight excluding hydrogens is 417 g/mol. The van der Waals surface area contributed by atoms with E-state index in [0.29, 0.717) is 0 Å². The van der Waals surface area contributed by atoms with Gasteiger partial charge in [-0.25, -0.2) is 0 Å². The second-order valence-electron chi connectivity index (χ2n) is 5.37. The van der Waals surface area contributed by atoms with E-state index in [9.17, 15) is 0 Å². The van der Waals surface area contributed by atoms with Crippen molar-refractivity contribution in [2.24, 2.45) is 0 Å². The number of pyridine rings is 1. The Morgan fingerprint density at radius 1 is 0.739 bits per heavy atom. The van der Waals surface area contributed by atoms with Crippen LogP contribution in [-0.4, -0.2) is 0 Å². The van der Waals surface area contributed by atoms with Gasteiger partial charge in [-0.15, -0.1) is 0 Å². The number of aromatic nitrogens is 1. The summed E-state index contributed by atoms with van der Waals surface area (Å²) in [5, 5.41) is 3.85. The Morgan fingerprint density at radius 2 is 1.43 bits per heavy atom. The molecule has 4 rings (SSSR count). The number of rotatable bonds is 2. The summed E-state index contributed by atoms with van der Waals surface area (Å²) in [5.74, 6) is 0. The van der Waals surface area contributed by atoms with Crippen molar-refractivity contribution >= 4 is 44.3 Å². The van der Waals surface area contributed by atoms with Crippen LogP contribution in [0.15, 0.2) is 79.0 Å². The highest BCUT2D eigenvalue weighted by molar-refractivity contribution is 14.1. The van der Waals surface area contributed by atoms with Gasteiger partial charge in [0.1, 0.15) is 0 Å². The highest BCUT2D eigenvalue weighted by atomic mass is 127. The van der Waals surface area contributed by atoms with Crippen LogP contribution in [0.5, 0.6) is 0 Å². The predicted octanol–water partition coefficient (Wildman–Crippen LogP) is 2.21. The van der Waals surface area contributed by atoms with Crippen LogP contribution in [-0.2, 0) is 4.43 Å². The maximum atomic E-state index is 2.45. The zero-order valence-electron chi connectivity index (χ0n) is 12.4. The maximum Gasteiger partial charge on any atom is 0.223 e. The summed E-state index contributed by atoms with van der Waals surface area (Å²) in [7, 11) is 0. The molecule has 0 spiro atoms. The summed E-state index contributed by atoms with van der Waals surface area (Å²) in [6.45, 7) is 0.